The summed E-state index contributed by atoms with van der Waals surface area (Å²) in [6, 6.07) is 4.32. The Morgan fingerprint density at radius 2 is 1.97 bits per heavy atom. The average molecular weight is 414 g/mol. The lowest BCUT2D eigenvalue weighted by Gasteiger charge is -2.18. The Balaban J connectivity index is 2.34. The van der Waals surface area contributed by atoms with Crippen LogP contribution in [0.25, 0.3) is 0 Å². The van der Waals surface area contributed by atoms with E-state index in [2.05, 4.69) is 15.0 Å². The summed E-state index contributed by atoms with van der Waals surface area (Å²) in [6.45, 7) is -1.92. The van der Waals surface area contributed by atoms with Crippen LogP contribution in [0.4, 0.5) is 22.0 Å². The lowest BCUT2D eigenvalue weighted by atomic mass is 9.96. The van der Waals surface area contributed by atoms with E-state index in [1.54, 1.807) is 25.1 Å². The highest BCUT2D eigenvalue weighted by atomic mass is 19.3. The Morgan fingerprint density at radius 3 is 2.52 bits per heavy atom. The van der Waals surface area contributed by atoms with E-state index in [0.29, 0.717) is 5.69 Å². The van der Waals surface area contributed by atoms with Crippen LogP contribution in [-0.2, 0) is 11.3 Å². The second kappa shape index (κ2) is 9.90. The topological polar surface area (TPSA) is 68.3 Å². The van der Waals surface area contributed by atoms with Gasteiger partial charge in [-0.2, -0.15) is 13.2 Å². The number of ether oxygens (including phenoxy) is 1. The molecule has 0 aliphatic heterocycles. The second-order valence-corrected chi connectivity index (χ2v) is 5.75. The van der Waals surface area contributed by atoms with Crippen molar-refractivity contribution < 1.29 is 36.3 Å². The van der Waals surface area contributed by atoms with Crippen molar-refractivity contribution >= 4 is 11.7 Å². The minimum absolute atomic E-state index is 0.137. The molecule has 0 aliphatic rings. The van der Waals surface area contributed by atoms with E-state index < -0.39 is 52.8 Å². The zero-order chi connectivity index (χ0) is 21.6. The molecule has 2 rings (SSSR count). The van der Waals surface area contributed by atoms with Gasteiger partial charge in [0.1, 0.15) is 11.5 Å². The summed E-state index contributed by atoms with van der Waals surface area (Å²) in [6.07, 6.45) is 1.70. The van der Waals surface area contributed by atoms with Gasteiger partial charge in [0.05, 0.1) is 11.3 Å². The minimum Gasteiger partial charge on any atom is -0.428 e. The molecule has 0 aliphatic carbocycles. The van der Waals surface area contributed by atoms with Crippen LogP contribution >= 0.6 is 0 Å². The molecule has 1 atom stereocenters. The monoisotopic (exact) mass is 414 g/mol. The van der Waals surface area contributed by atoms with E-state index >= 15 is 0 Å². The van der Waals surface area contributed by atoms with Crippen molar-refractivity contribution in [2.75, 3.05) is 0 Å². The lowest BCUT2D eigenvalue weighted by Crippen LogP contribution is -2.34. The molecule has 1 aromatic carbocycles. The number of nitrogens with one attached hydrogen (secondary N) is 1. The van der Waals surface area contributed by atoms with Gasteiger partial charge >= 0.3 is 6.61 Å². The van der Waals surface area contributed by atoms with Crippen molar-refractivity contribution in [3.8, 4) is 5.75 Å². The summed E-state index contributed by atoms with van der Waals surface area (Å²) in [5.74, 6) is -7.36. The van der Waals surface area contributed by atoms with E-state index in [1.807, 2.05) is 0 Å². The molecule has 10 heteroatoms. The van der Waals surface area contributed by atoms with Gasteiger partial charge in [0.2, 0.25) is 17.3 Å². The first kappa shape index (κ1) is 22.2. The number of carbonyl (C=O) groups is 1. The minimum atomic E-state index is -3.66. The highest BCUT2D eigenvalue weighted by Crippen LogP contribution is 2.30. The van der Waals surface area contributed by atoms with E-state index in [-0.39, 0.29) is 19.0 Å². The number of hydrogen-bond donors (Lipinski definition) is 1. The van der Waals surface area contributed by atoms with Crippen LogP contribution in [0.15, 0.2) is 36.0 Å². The van der Waals surface area contributed by atoms with E-state index in [4.69, 9.17) is 0 Å². The number of hydrogen-bond acceptors (Lipinski definition) is 5. The Morgan fingerprint density at radius 1 is 1.24 bits per heavy atom. The highest BCUT2D eigenvalue weighted by molar-refractivity contribution is 6.14. The van der Waals surface area contributed by atoms with Gasteiger partial charge < -0.3 is 10.1 Å². The molecule has 0 saturated carbocycles. The molecule has 29 heavy (non-hydrogen) atoms. The molecule has 0 fully saturated rings. The van der Waals surface area contributed by atoms with Gasteiger partial charge in [-0.15, -0.1) is 0 Å². The first-order chi connectivity index (χ1) is 13.8. The van der Waals surface area contributed by atoms with Crippen molar-refractivity contribution in [1.82, 2.24) is 10.3 Å². The molecule has 0 spiro atoms. The van der Waals surface area contributed by atoms with Gasteiger partial charge in [0.15, 0.2) is 11.6 Å². The molecule has 154 valence electrons. The molecule has 1 N–H and O–H groups in total. The maximum absolute atomic E-state index is 14.4. The number of nitrogens with zero attached hydrogens (tertiary/aromatic N) is 1. The van der Waals surface area contributed by atoms with Crippen LogP contribution in [0.2, 0.25) is 0 Å². The molecule has 2 aromatic rings. The number of alkyl halides is 2. The van der Waals surface area contributed by atoms with Crippen LogP contribution in [-0.4, -0.2) is 29.4 Å². The molecule has 1 aromatic heterocycles. The number of halogens is 5. The predicted molar refractivity (Wildman–Crippen MR) is 91.6 cm³/mol. The summed E-state index contributed by atoms with van der Waals surface area (Å²) in [5, 5.41) is 2.86. The average Bonchev–Trinajstić information content (AvgIpc) is 2.71. The number of ketones is 1. The Kier molecular flexibility index (Phi) is 7.58. The molecule has 0 saturated heterocycles. The third-order valence-electron chi connectivity index (χ3n) is 3.93. The maximum atomic E-state index is 14.4. The van der Waals surface area contributed by atoms with Crippen LogP contribution in [0.1, 0.15) is 29.4 Å². The Bertz CT molecular complexity index is 931. The largest absolute Gasteiger partial charge is 0.428 e. The number of carbonyl (C=O) groups excluding carboxylic acids is 2. The van der Waals surface area contributed by atoms with Crippen molar-refractivity contribution in [2.24, 2.45) is 0 Å². The molecule has 1 unspecified atom stereocenters. The second-order valence-electron chi connectivity index (χ2n) is 5.75. The quantitative estimate of drug-likeness (QED) is 0.223. The number of benzene rings is 1. The van der Waals surface area contributed by atoms with Crippen molar-refractivity contribution in [3.63, 3.8) is 0 Å². The van der Waals surface area contributed by atoms with E-state index in [0.717, 1.165) is 0 Å². The van der Waals surface area contributed by atoms with Gasteiger partial charge in [0, 0.05) is 18.8 Å². The third-order valence-corrected chi connectivity index (χ3v) is 3.93. The van der Waals surface area contributed by atoms with Crippen LogP contribution in [0.3, 0.4) is 0 Å². The zero-order valence-corrected chi connectivity index (χ0v) is 15.0. The zero-order valence-electron chi connectivity index (χ0n) is 15.0. The predicted octanol–water partition coefficient (Wildman–Crippen LogP) is 3.61. The summed E-state index contributed by atoms with van der Waals surface area (Å²) < 4.78 is 70.1. The lowest BCUT2D eigenvalue weighted by molar-refractivity contribution is -0.0550. The van der Waals surface area contributed by atoms with Gasteiger partial charge in [0.25, 0.3) is 0 Å². The fraction of sp³-hybridized carbons (Fsp3) is 0.263. The van der Waals surface area contributed by atoms with E-state index in [9.17, 15) is 31.5 Å². The van der Waals surface area contributed by atoms with Crippen LogP contribution in [0, 0.1) is 17.5 Å². The third kappa shape index (κ3) is 5.24. The first-order valence-corrected chi connectivity index (χ1v) is 8.35. The summed E-state index contributed by atoms with van der Waals surface area (Å²) in [4.78, 5) is 28.0. The van der Waals surface area contributed by atoms with Gasteiger partial charge in [-0.1, -0.05) is 13.0 Å². The SMILES string of the molecule is CCC(NCc1ccccn1)C(=C=O)C(=O)c1cc(F)c(F)c(OC(F)F)c1F. The number of aromatic nitrogens is 1. The number of Topliss-reactive ketones (excluding diaryl/α,β-unsaturated/α-hetero) is 1. The van der Waals surface area contributed by atoms with E-state index in [1.165, 1.54) is 12.1 Å². The molecule has 0 bridgehead atoms. The summed E-state index contributed by atoms with van der Waals surface area (Å²) in [7, 11) is 0. The van der Waals surface area contributed by atoms with Crippen molar-refractivity contribution in [2.45, 2.75) is 32.5 Å². The molecule has 0 amide bonds. The first-order valence-electron chi connectivity index (χ1n) is 8.35. The normalized spacial score (nSPS) is 11.8. The molecule has 1 heterocycles. The fourth-order valence-electron chi connectivity index (χ4n) is 2.54. The Hall–Kier alpha value is -3.10. The molecular formula is C19H15F5N2O3. The molecule has 5 nitrogen and oxygen atoms in total. The van der Waals surface area contributed by atoms with Crippen molar-refractivity contribution in [3.05, 3.63) is 64.7 Å². The standard InChI is InChI=1S/C19H15F5N2O3/c1-2-14(26-8-10-5-3-4-6-25-10)12(9-27)17(28)11-7-13(20)16(22)18(15(11)21)29-19(23)24/h3-7,14,19,26H,2,8H2,1H3. The number of rotatable bonds is 9. The van der Waals surface area contributed by atoms with Gasteiger partial charge in [-0.25, -0.2) is 13.6 Å². The Labute approximate surface area is 162 Å². The van der Waals surface area contributed by atoms with Gasteiger partial charge in [-0.05, 0) is 24.6 Å². The maximum Gasteiger partial charge on any atom is 0.387 e. The number of pyridine rings is 1. The fourth-order valence-corrected chi connectivity index (χ4v) is 2.54. The van der Waals surface area contributed by atoms with Crippen LogP contribution in [0.5, 0.6) is 5.75 Å². The summed E-state index contributed by atoms with van der Waals surface area (Å²) in [5.41, 5.74) is -1.16. The van der Waals surface area contributed by atoms with Gasteiger partial charge in [-0.3, -0.25) is 9.78 Å². The highest BCUT2D eigenvalue weighted by Gasteiger charge is 2.30. The molecular weight excluding hydrogens is 399 g/mol. The molecule has 0 radical (unpaired) electrons. The summed E-state index contributed by atoms with van der Waals surface area (Å²) >= 11 is 0. The van der Waals surface area contributed by atoms with Crippen molar-refractivity contribution in [1.29, 1.82) is 0 Å². The van der Waals surface area contributed by atoms with Crippen LogP contribution < -0.4 is 10.1 Å². The smallest absolute Gasteiger partial charge is 0.387 e.